The summed E-state index contributed by atoms with van der Waals surface area (Å²) in [6.45, 7) is 23.7. The second-order valence-corrected chi connectivity index (χ2v) is 24.7. The Morgan fingerprint density at radius 3 is 1.00 bits per heavy atom. The Labute approximate surface area is 460 Å². The summed E-state index contributed by atoms with van der Waals surface area (Å²) in [7, 11) is 0. The summed E-state index contributed by atoms with van der Waals surface area (Å²) in [5.74, 6) is 1.75. The van der Waals surface area contributed by atoms with E-state index in [4.69, 9.17) is 9.97 Å². The van der Waals surface area contributed by atoms with Crippen LogP contribution >= 0.6 is 0 Å². The maximum Gasteiger partial charge on any atom is 0.137 e. The van der Waals surface area contributed by atoms with Crippen molar-refractivity contribution < 1.29 is 0 Å². The molecule has 0 saturated heterocycles. The standard InChI is InChI=1S/C74H66N4/c1-71(2,3)69-59-37-31-52(78(68-26-18-20-40-76-68)54-30-36-58-56-34-28-50(48-23-15-12-16-24-48)42-64(56)74(9,10)66(58)46-54)44-62(59)70(72(4,5)6)60-38-32-51(43-61(60)69)77(67-25-17-19-39-75-67)53-29-35-57-55-33-27-49(47-21-13-11-14-22-47)41-63(55)73(7,8)65(57)45-53/h11-46H,1-10H3. The molecule has 78 heavy (non-hydrogen) atoms. The van der Waals surface area contributed by atoms with Gasteiger partial charge in [-0.25, -0.2) is 9.97 Å². The molecule has 0 fully saturated rings. The summed E-state index contributed by atoms with van der Waals surface area (Å²) in [5, 5.41) is 5.03. The first-order valence-electron chi connectivity index (χ1n) is 27.6. The number of nitrogens with zero attached hydrogens (tertiary/aromatic N) is 4. The van der Waals surface area contributed by atoms with E-state index in [1.807, 2.05) is 24.5 Å². The first-order valence-corrected chi connectivity index (χ1v) is 27.6. The third-order valence-corrected chi connectivity index (χ3v) is 16.9. The largest absolute Gasteiger partial charge is 0.295 e. The van der Waals surface area contributed by atoms with Crippen molar-refractivity contribution in [3.05, 3.63) is 252 Å². The topological polar surface area (TPSA) is 32.3 Å². The second-order valence-electron chi connectivity index (χ2n) is 24.7. The summed E-state index contributed by atoms with van der Waals surface area (Å²) in [4.78, 5) is 14.8. The number of benzene rings is 9. The molecule has 9 aromatic carbocycles. The minimum Gasteiger partial charge on any atom is -0.295 e. The van der Waals surface area contributed by atoms with Crippen LogP contribution in [-0.4, -0.2) is 9.97 Å². The van der Waals surface area contributed by atoms with Gasteiger partial charge in [0.15, 0.2) is 0 Å². The average Bonchev–Trinajstić information content (AvgIpc) is 3.82. The molecule has 0 bridgehead atoms. The van der Waals surface area contributed by atoms with Gasteiger partial charge in [0.2, 0.25) is 0 Å². The number of fused-ring (bicyclic) bond motifs is 8. The van der Waals surface area contributed by atoms with Crippen LogP contribution in [-0.2, 0) is 21.7 Å². The molecule has 0 N–H and O–H groups in total. The Morgan fingerprint density at radius 1 is 0.308 bits per heavy atom. The molecule has 13 rings (SSSR count). The minimum absolute atomic E-state index is 0.216. The molecule has 2 aliphatic rings. The molecule has 0 aliphatic heterocycles. The molecule has 2 heterocycles. The van der Waals surface area contributed by atoms with Gasteiger partial charge in [-0.2, -0.15) is 0 Å². The summed E-state index contributed by atoms with van der Waals surface area (Å²) in [6.07, 6.45) is 3.81. The van der Waals surface area contributed by atoms with Crippen LogP contribution in [0.25, 0.3) is 66.1 Å². The van der Waals surface area contributed by atoms with Crippen LogP contribution in [0.2, 0.25) is 0 Å². The van der Waals surface area contributed by atoms with Crippen LogP contribution in [0.5, 0.6) is 0 Å². The lowest BCUT2D eigenvalue weighted by molar-refractivity contribution is 0.593. The van der Waals surface area contributed by atoms with E-state index < -0.39 is 0 Å². The monoisotopic (exact) mass is 1010 g/mol. The Kier molecular flexibility index (Phi) is 11.3. The molecule has 0 spiro atoms. The molecule has 0 atom stereocenters. The fourth-order valence-electron chi connectivity index (χ4n) is 13.2. The van der Waals surface area contributed by atoms with E-state index in [-0.39, 0.29) is 21.7 Å². The zero-order valence-electron chi connectivity index (χ0n) is 46.6. The van der Waals surface area contributed by atoms with Crippen molar-refractivity contribution in [1.29, 1.82) is 0 Å². The van der Waals surface area contributed by atoms with E-state index in [9.17, 15) is 0 Å². The van der Waals surface area contributed by atoms with Crippen molar-refractivity contribution in [2.24, 2.45) is 0 Å². The van der Waals surface area contributed by atoms with Crippen LogP contribution in [0.15, 0.2) is 219 Å². The van der Waals surface area contributed by atoms with Crippen molar-refractivity contribution in [2.45, 2.75) is 90.9 Å². The van der Waals surface area contributed by atoms with Gasteiger partial charge < -0.3 is 0 Å². The number of pyridine rings is 2. The number of rotatable bonds is 8. The first kappa shape index (κ1) is 49.0. The average molecular weight is 1010 g/mol. The van der Waals surface area contributed by atoms with Crippen molar-refractivity contribution >= 4 is 55.9 Å². The predicted octanol–water partition coefficient (Wildman–Crippen LogP) is 20.3. The first-order chi connectivity index (χ1) is 37.5. The molecule has 2 aliphatic carbocycles. The maximum atomic E-state index is 5.05. The fourth-order valence-corrected chi connectivity index (χ4v) is 13.2. The highest BCUT2D eigenvalue weighted by Gasteiger charge is 2.39. The molecule has 4 nitrogen and oxygen atoms in total. The van der Waals surface area contributed by atoms with Crippen molar-refractivity contribution in [3.63, 3.8) is 0 Å². The van der Waals surface area contributed by atoms with Crippen LogP contribution in [0.1, 0.15) is 103 Å². The van der Waals surface area contributed by atoms with Gasteiger partial charge in [-0.1, -0.05) is 191 Å². The van der Waals surface area contributed by atoms with Crippen LogP contribution in [0.3, 0.4) is 0 Å². The fraction of sp³-hybridized carbons (Fsp3) is 0.189. The molecule has 0 radical (unpaired) electrons. The predicted molar refractivity (Wildman–Crippen MR) is 330 cm³/mol. The van der Waals surface area contributed by atoms with Gasteiger partial charge in [-0.05, 0) is 195 Å². The molecule has 0 amide bonds. The van der Waals surface area contributed by atoms with Crippen LogP contribution in [0.4, 0.5) is 34.4 Å². The smallest absolute Gasteiger partial charge is 0.137 e. The van der Waals surface area contributed by atoms with E-state index in [2.05, 4.69) is 273 Å². The second kappa shape index (κ2) is 18.0. The molecular formula is C74H66N4. The van der Waals surface area contributed by atoms with E-state index in [0.717, 1.165) is 34.4 Å². The molecule has 11 aromatic rings. The zero-order chi connectivity index (χ0) is 53.9. The van der Waals surface area contributed by atoms with Crippen LogP contribution in [0, 0.1) is 0 Å². The number of anilines is 6. The highest BCUT2D eigenvalue weighted by Crippen LogP contribution is 2.55. The third kappa shape index (κ3) is 7.94. The lowest BCUT2D eigenvalue weighted by atomic mass is 9.74. The van der Waals surface area contributed by atoms with E-state index in [1.54, 1.807) is 0 Å². The Bertz CT molecular complexity index is 3870. The summed E-state index contributed by atoms with van der Waals surface area (Å²) in [6, 6.07) is 76.3. The van der Waals surface area contributed by atoms with Gasteiger partial charge in [-0.3, -0.25) is 9.80 Å². The van der Waals surface area contributed by atoms with E-state index in [1.165, 1.54) is 99.4 Å². The van der Waals surface area contributed by atoms with Gasteiger partial charge >= 0.3 is 0 Å². The van der Waals surface area contributed by atoms with Gasteiger partial charge in [0.25, 0.3) is 0 Å². The molecular weight excluding hydrogens is 945 g/mol. The number of hydrogen-bond acceptors (Lipinski definition) is 4. The summed E-state index contributed by atoms with van der Waals surface area (Å²) >= 11 is 0. The van der Waals surface area contributed by atoms with Crippen molar-refractivity contribution in [2.75, 3.05) is 9.80 Å². The van der Waals surface area contributed by atoms with Gasteiger partial charge in [0.1, 0.15) is 11.6 Å². The molecule has 2 aromatic heterocycles. The third-order valence-electron chi connectivity index (χ3n) is 16.9. The highest BCUT2D eigenvalue weighted by atomic mass is 15.2. The van der Waals surface area contributed by atoms with Crippen molar-refractivity contribution in [3.8, 4) is 44.5 Å². The Balaban J connectivity index is 0.957. The summed E-state index contributed by atoms with van der Waals surface area (Å²) < 4.78 is 0. The summed E-state index contributed by atoms with van der Waals surface area (Å²) in [5.41, 5.74) is 21.6. The lowest BCUT2D eigenvalue weighted by Gasteiger charge is -2.33. The Hall–Kier alpha value is -8.60. The quantitative estimate of drug-likeness (QED) is 0.142. The molecule has 382 valence electrons. The highest BCUT2D eigenvalue weighted by molar-refractivity contribution is 6.10. The SMILES string of the molecule is CC(C)(C)c1c2ccc(N(c3ccc4c(c3)C(C)(C)c3cc(-c5ccccc5)ccc3-4)c3ccccn3)cc2c(C(C)(C)C)c2ccc(N(c3ccc4c(c3)C(C)(C)c3cc(-c5ccccc5)ccc3-4)c3ccccn3)cc12. The molecule has 0 saturated carbocycles. The Morgan fingerprint density at radius 2 is 0.641 bits per heavy atom. The number of aromatic nitrogens is 2. The molecule has 4 heteroatoms. The van der Waals surface area contributed by atoms with Gasteiger partial charge in [0, 0.05) is 46.0 Å². The molecule has 0 unspecified atom stereocenters. The van der Waals surface area contributed by atoms with Crippen LogP contribution < -0.4 is 9.80 Å². The van der Waals surface area contributed by atoms with Crippen molar-refractivity contribution in [1.82, 2.24) is 9.97 Å². The lowest BCUT2D eigenvalue weighted by Crippen LogP contribution is -2.19. The van der Waals surface area contributed by atoms with E-state index in [0.29, 0.717) is 0 Å². The minimum atomic E-state index is -0.217. The number of hydrogen-bond donors (Lipinski definition) is 0. The maximum absolute atomic E-state index is 5.05. The normalized spacial score (nSPS) is 14.0. The zero-order valence-corrected chi connectivity index (χ0v) is 46.6. The van der Waals surface area contributed by atoms with Gasteiger partial charge in [-0.15, -0.1) is 0 Å². The van der Waals surface area contributed by atoms with Gasteiger partial charge in [0.05, 0.1) is 0 Å². The van der Waals surface area contributed by atoms with E-state index >= 15 is 0 Å².